The number of para-hydroxylation sites is 1. The second-order valence-corrected chi connectivity index (χ2v) is 3.49. The molecule has 0 unspecified atom stereocenters. The summed E-state index contributed by atoms with van der Waals surface area (Å²) in [6, 6.07) is 4.65. The highest BCUT2D eigenvalue weighted by atomic mass is 16.5. The van der Waals surface area contributed by atoms with Gasteiger partial charge in [0.05, 0.1) is 25.0 Å². The van der Waals surface area contributed by atoms with E-state index >= 15 is 0 Å². The number of amides is 1. The molecule has 1 aromatic rings. The van der Waals surface area contributed by atoms with Crippen LogP contribution in [0.2, 0.25) is 0 Å². The van der Waals surface area contributed by atoms with Crippen LogP contribution >= 0.6 is 0 Å². The van der Waals surface area contributed by atoms with Crippen molar-refractivity contribution in [2.75, 3.05) is 19.5 Å². The van der Waals surface area contributed by atoms with E-state index in [0.29, 0.717) is 17.0 Å². The number of hydrogen-bond donors (Lipinski definition) is 3. The van der Waals surface area contributed by atoms with Crippen molar-refractivity contribution in [3.63, 3.8) is 0 Å². The van der Waals surface area contributed by atoms with Crippen LogP contribution in [0, 0.1) is 0 Å². The normalized spacial score (nSPS) is 11.9. The van der Waals surface area contributed by atoms with Crippen LogP contribution in [0.15, 0.2) is 18.2 Å². The monoisotopic (exact) mass is 224 g/mol. The van der Waals surface area contributed by atoms with Gasteiger partial charge in [0.25, 0.3) is 5.91 Å². The van der Waals surface area contributed by atoms with E-state index in [2.05, 4.69) is 5.32 Å². The summed E-state index contributed by atoms with van der Waals surface area (Å²) in [6.45, 7) is 1.59. The summed E-state index contributed by atoms with van der Waals surface area (Å²) in [4.78, 5) is 11.8. The molecule has 0 heterocycles. The Labute approximate surface area is 94.2 Å². The fraction of sp³-hybridized carbons (Fsp3) is 0.364. The number of rotatable bonds is 4. The molecule has 88 valence electrons. The lowest BCUT2D eigenvalue weighted by atomic mass is 10.1. The number of aliphatic hydroxyl groups is 1. The summed E-state index contributed by atoms with van der Waals surface area (Å²) < 4.78 is 5.06. The molecule has 0 fully saturated rings. The quantitative estimate of drug-likeness (QED) is 0.646. The lowest BCUT2D eigenvalue weighted by Gasteiger charge is -2.14. The number of nitrogens with one attached hydrogen (secondary N) is 1. The lowest BCUT2D eigenvalue weighted by Crippen LogP contribution is -2.35. The highest BCUT2D eigenvalue weighted by Crippen LogP contribution is 2.25. The molecule has 1 aromatic carbocycles. The summed E-state index contributed by atoms with van der Waals surface area (Å²) >= 11 is 0. The number of nitrogen functional groups attached to an aromatic ring is 1. The summed E-state index contributed by atoms with van der Waals surface area (Å²) in [5.41, 5.74) is 6.45. The predicted octanol–water partition coefficient (Wildman–Crippen LogP) is 0.388. The van der Waals surface area contributed by atoms with Crippen LogP contribution in [0.4, 0.5) is 5.69 Å². The van der Waals surface area contributed by atoms with Gasteiger partial charge in [-0.1, -0.05) is 6.07 Å². The molecule has 0 saturated heterocycles. The summed E-state index contributed by atoms with van der Waals surface area (Å²) in [5.74, 6) is 0.0378. The predicted molar refractivity (Wildman–Crippen MR) is 61.4 cm³/mol. The van der Waals surface area contributed by atoms with Crippen LogP contribution in [0.25, 0.3) is 0 Å². The SMILES string of the molecule is COc1c(N)cccc1C(=O)N[C@@H](C)CO. The number of ether oxygens (including phenoxy) is 1. The second-order valence-electron chi connectivity index (χ2n) is 3.49. The van der Waals surface area contributed by atoms with E-state index in [-0.39, 0.29) is 18.6 Å². The molecule has 5 heteroatoms. The molecule has 0 saturated carbocycles. The minimum absolute atomic E-state index is 0.115. The number of carbonyl (C=O) groups is 1. The Morgan fingerprint density at radius 1 is 1.62 bits per heavy atom. The first-order valence-corrected chi connectivity index (χ1v) is 4.94. The van der Waals surface area contributed by atoms with E-state index in [1.807, 2.05) is 0 Å². The Kier molecular flexibility index (Phi) is 4.13. The maximum absolute atomic E-state index is 11.8. The highest BCUT2D eigenvalue weighted by molar-refractivity contribution is 5.98. The number of nitrogens with two attached hydrogens (primary N) is 1. The van der Waals surface area contributed by atoms with Gasteiger partial charge in [-0.15, -0.1) is 0 Å². The number of aliphatic hydroxyl groups excluding tert-OH is 1. The fourth-order valence-electron chi connectivity index (χ4n) is 1.31. The standard InChI is InChI=1S/C11H16N2O3/c1-7(6-14)13-11(15)8-4-3-5-9(12)10(8)16-2/h3-5,7,14H,6,12H2,1-2H3,(H,13,15)/t7-/m0/s1. The molecule has 0 aromatic heterocycles. The van der Waals surface area contributed by atoms with E-state index in [9.17, 15) is 4.79 Å². The zero-order valence-corrected chi connectivity index (χ0v) is 9.36. The lowest BCUT2D eigenvalue weighted by molar-refractivity contribution is 0.0919. The molecule has 0 bridgehead atoms. The van der Waals surface area contributed by atoms with Crippen molar-refractivity contribution in [2.24, 2.45) is 0 Å². The molecule has 16 heavy (non-hydrogen) atoms. The van der Waals surface area contributed by atoms with Crippen molar-refractivity contribution in [3.8, 4) is 5.75 Å². The minimum atomic E-state index is -0.314. The Bertz CT molecular complexity index is 379. The largest absolute Gasteiger partial charge is 0.494 e. The van der Waals surface area contributed by atoms with Crippen LogP contribution in [0.3, 0.4) is 0 Å². The van der Waals surface area contributed by atoms with Crippen LogP contribution in [0.5, 0.6) is 5.75 Å². The van der Waals surface area contributed by atoms with E-state index in [1.54, 1.807) is 25.1 Å². The first-order valence-electron chi connectivity index (χ1n) is 4.94. The van der Waals surface area contributed by atoms with E-state index in [1.165, 1.54) is 7.11 Å². The molecule has 4 N–H and O–H groups in total. The Morgan fingerprint density at radius 2 is 2.31 bits per heavy atom. The topological polar surface area (TPSA) is 84.6 Å². The van der Waals surface area contributed by atoms with Gasteiger partial charge in [0.1, 0.15) is 0 Å². The van der Waals surface area contributed by atoms with Crippen LogP contribution in [0.1, 0.15) is 17.3 Å². The maximum Gasteiger partial charge on any atom is 0.255 e. The van der Waals surface area contributed by atoms with Crippen molar-refractivity contribution in [1.82, 2.24) is 5.32 Å². The van der Waals surface area contributed by atoms with E-state index < -0.39 is 0 Å². The van der Waals surface area contributed by atoms with Gasteiger partial charge in [0.15, 0.2) is 5.75 Å². The van der Waals surface area contributed by atoms with Gasteiger partial charge < -0.3 is 20.9 Å². The number of carbonyl (C=O) groups excluding carboxylic acids is 1. The zero-order valence-electron chi connectivity index (χ0n) is 9.36. The second kappa shape index (κ2) is 5.37. The molecule has 1 atom stereocenters. The molecule has 1 rings (SSSR count). The number of anilines is 1. The molecule has 1 amide bonds. The van der Waals surface area contributed by atoms with Gasteiger partial charge in [0, 0.05) is 6.04 Å². The fourth-order valence-corrected chi connectivity index (χ4v) is 1.31. The molecular weight excluding hydrogens is 208 g/mol. The Morgan fingerprint density at radius 3 is 2.88 bits per heavy atom. The van der Waals surface area contributed by atoms with E-state index in [4.69, 9.17) is 15.6 Å². The number of methoxy groups -OCH3 is 1. The first kappa shape index (κ1) is 12.3. The van der Waals surface area contributed by atoms with Crippen molar-refractivity contribution in [1.29, 1.82) is 0 Å². The molecule has 0 aliphatic rings. The number of hydrogen-bond acceptors (Lipinski definition) is 4. The zero-order chi connectivity index (χ0) is 12.1. The Balaban J connectivity index is 2.95. The van der Waals surface area contributed by atoms with Crippen molar-refractivity contribution < 1.29 is 14.6 Å². The maximum atomic E-state index is 11.8. The number of benzene rings is 1. The van der Waals surface area contributed by atoms with E-state index in [0.717, 1.165) is 0 Å². The third-order valence-corrected chi connectivity index (χ3v) is 2.15. The summed E-state index contributed by atoms with van der Waals surface area (Å²) in [5, 5.41) is 11.5. The minimum Gasteiger partial charge on any atom is -0.494 e. The van der Waals surface area contributed by atoms with Crippen molar-refractivity contribution in [2.45, 2.75) is 13.0 Å². The summed E-state index contributed by atoms with van der Waals surface area (Å²) in [6.07, 6.45) is 0. The highest BCUT2D eigenvalue weighted by Gasteiger charge is 2.15. The molecule has 0 aliphatic carbocycles. The van der Waals surface area contributed by atoms with Gasteiger partial charge in [0.2, 0.25) is 0 Å². The third kappa shape index (κ3) is 2.64. The average molecular weight is 224 g/mol. The van der Waals surface area contributed by atoms with Gasteiger partial charge in [-0.25, -0.2) is 0 Å². The first-order chi connectivity index (χ1) is 7.60. The molecular formula is C11H16N2O3. The Hall–Kier alpha value is -1.75. The van der Waals surface area contributed by atoms with Crippen molar-refractivity contribution in [3.05, 3.63) is 23.8 Å². The van der Waals surface area contributed by atoms with Crippen LogP contribution in [-0.2, 0) is 0 Å². The molecule has 0 spiro atoms. The molecule has 5 nitrogen and oxygen atoms in total. The van der Waals surface area contributed by atoms with Crippen LogP contribution < -0.4 is 15.8 Å². The van der Waals surface area contributed by atoms with Gasteiger partial charge in [-0.2, -0.15) is 0 Å². The molecule has 0 radical (unpaired) electrons. The third-order valence-electron chi connectivity index (χ3n) is 2.15. The average Bonchev–Trinajstić information content (AvgIpc) is 2.28. The van der Waals surface area contributed by atoms with Crippen LogP contribution in [-0.4, -0.2) is 30.8 Å². The summed E-state index contributed by atoms with van der Waals surface area (Å²) in [7, 11) is 1.46. The van der Waals surface area contributed by atoms with Gasteiger partial charge in [-0.05, 0) is 19.1 Å². The van der Waals surface area contributed by atoms with Crippen molar-refractivity contribution >= 4 is 11.6 Å². The van der Waals surface area contributed by atoms with Gasteiger partial charge >= 0.3 is 0 Å². The smallest absolute Gasteiger partial charge is 0.255 e. The van der Waals surface area contributed by atoms with Gasteiger partial charge in [-0.3, -0.25) is 4.79 Å². The molecule has 0 aliphatic heterocycles.